The minimum absolute atomic E-state index is 0. The Bertz CT molecular complexity index is 67.1. The molecular weight excluding hydrogens is 101 g/mol. The molecule has 0 saturated carbocycles. The zero-order valence-corrected chi connectivity index (χ0v) is 7.10. The van der Waals surface area contributed by atoms with E-state index < -0.39 is 0 Å². The quantitative estimate of drug-likeness (QED) is 0.187. The third-order valence-electron chi connectivity index (χ3n) is 0.682. The van der Waals surface area contributed by atoms with Crippen LogP contribution in [-0.4, -0.2) is 10.9 Å². The first-order valence-corrected chi connectivity index (χ1v) is 1.98. The van der Waals surface area contributed by atoms with Crippen molar-refractivity contribution in [2.75, 3.05) is 0 Å². The fourth-order valence-corrected chi connectivity index (χ4v) is 0.0707. The maximum atomic E-state index is 7.92. The van der Waals surface area contributed by atoms with E-state index in [1.54, 1.807) is 6.92 Å². The number of hydrogen-bond acceptors (Lipinski definition) is 2. The first-order chi connectivity index (χ1) is 2.81. The average Bonchev–Trinajstić information content (AvgIpc) is 1.65. The average molecular weight is 111 g/mol. The van der Waals surface area contributed by atoms with E-state index in [-0.39, 0.29) is 31.0 Å². The van der Waals surface area contributed by atoms with Crippen LogP contribution in [0.25, 0.3) is 0 Å². The van der Waals surface area contributed by atoms with Crippen molar-refractivity contribution in [3.8, 4) is 0 Å². The molecule has 0 radical (unpaired) electrons. The van der Waals surface area contributed by atoms with E-state index in [1.165, 1.54) is 0 Å². The second-order valence-electron chi connectivity index (χ2n) is 1.19. The van der Waals surface area contributed by atoms with Gasteiger partial charge in [-0.1, -0.05) is 12.1 Å². The molecule has 1 N–H and O–H groups in total. The molecule has 0 aromatic heterocycles. The summed E-state index contributed by atoms with van der Waals surface area (Å²) in [5.41, 5.74) is 0.773. The van der Waals surface area contributed by atoms with Gasteiger partial charge in [-0.25, -0.2) is 0 Å². The monoisotopic (exact) mass is 111 g/mol. The fourth-order valence-electron chi connectivity index (χ4n) is 0.0707. The van der Waals surface area contributed by atoms with E-state index >= 15 is 0 Å². The van der Waals surface area contributed by atoms with Crippen LogP contribution in [0.5, 0.6) is 0 Å². The summed E-state index contributed by atoms with van der Waals surface area (Å²) in [4.78, 5) is 0. The Morgan fingerprint density at radius 2 is 2.29 bits per heavy atom. The Morgan fingerprint density at radius 3 is 2.29 bits per heavy atom. The van der Waals surface area contributed by atoms with Crippen molar-refractivity contribution >= 4 is 5.71 Å². The minimum Gasteiger partial charge on any atom is -1.00 e. The summed E-state index contributed by atoms with van der Waals surface area (Å²) < 4.78 is 0. The zero-order chi connectivity index (χ0) is 4.99. The smallest absolute Gasteiger partial charge is 1.00 e. The van der Waals surface area contributed by atoms with Crippen LogP contribution >= 0.6 is 0 Å². The van der Waals surface area contributed by atoms with Crippen LogP contribution in [0.15, 0.2) is 5.16 Å². The van der Waals surface area contributed by atoms with E-state index in [1.807, 2.05) is 6.92 Å². The van der Waals surface area contributed by atoms with Crippen molar-refractivity contribution in [3.05, 3.63) is 0 Å². The van der Waals surface area contributed by atoms with Crippen LogP contribution in [0, 0.1) is 0 Å². The molecule has 2 nitrogen and oxygen atoms in total. The van der Waals surface area contributed by atoms with Gasteiger partial charge in [-0.2, -0.15) is 0 Å². The predicted octanol–water partition coefficient (Wildman–Crippen LogP) is -1.64. The van der Waals surface area contributed by atoms with Gasteiger partial charge < -0.3 is 6.63 Å². The molecule has 0 fully saturated rings. The van der Waals surface area contributed by atoms with Crippen LogP contribution in [0.2, 0.25) is 0 Å². The molecule has 0 aliphatic rings. The minimum atomic E-state index is 0. The summed E-state index contributed by atoms with van der Waals surface area (Å²) in [7, 11) is 0. The molecule has 0 aromatic carbocycles. The van der Waals surface area contributed by atoms with Crippen LogP contribution in [0.4, 0.5) is 0 Å². The summed E-state index contributed by atoms with van der Waals surface area (Å²) in [5, 5.41) is 10.8. The van der Waals surface area contributed by atoms with Gasteiger partial charge in [0, 0.05) is 0 Å². The van der Waals surface area contributed by atoms with E-state index in [4.69, 9.17) is 5.21 Å². The molecule has 0 spiro atoms. The molecule has 38 valence electrons. The Hall–Kier alpha value is 0.470. The molecule has 0 rings (SSSR count). The van der Waals surface area contributed by atoms with Crippen molar-refractivity contribution in [2.45, 2.75) is 20.3 Å². The first kappa shape index (κ1) is 10.5. The molecule has 0 unspecified atom stereocenters. The van der Waals surface area contributed by atoms with Crippen LogP contribution in [0.3, 0.4) is 0 Å². The van der Waals surface area contributed by atoms with Gasteiger partial charge in [-0.05, 0) is 13.3 Å². The Kier molecular flexibility index (Phi) is 9.66. The van der Waals surface area contributed by atoms with E-state index in [0.29, 0.717) is 0 Å². The van der Waals surface area contributed by atoms with E-state index in [2.05, 4.69) is 5.16 Å². The largest absolute Gasteiger partial charge is 1.00 e. The van der Waals surface area contributed by atoms with Gasteiger partial charge in [-0.3, -0.25) is 0 Å². The van der Waals surface area contributed by atoms with Crippen LogP contribution in [0.1, 0.15) is 21.7 Å². The van der Waals surface area contributed by atoms with E-state index in [9.17, 15) is 0 Å². The Balaban J connectivity index is -0.000000125. The number of rotatable bonds is 1. The first-order valence-electron chi connectivity index (χ1n) is 1.98. The molecule has 7 heavy (non-hydrogen) atoms. The van der Waals surface area contributed by atoms with Gasteiger partial charge >= 0.3 is 29.6 Å². The van der Waals surface area contributed by atoms with Gasteiger partial charge in [0.1, 0.15) is 0 Å². The van der Waals surface area contributed by atoms with Crippen molar-refractivity contribution < 1.29 is 36.2 Å². The van der Waals surface area contributed by atoms with E-state index in [0.717, 1.165) is 12.1 Å². The summed E-state index contributed by atoms with van der Waals surface area (Å²) in [6, 6.07) is 0. The number of hydrogen-bond donors (Lipinski definition) is 1. The second kappa shape index (κ2) is 6.47. The maximum Gasteiger partial charge on any atom is 1.00 e. The van der Waals surface area contributed by atoms with Crippen molar-refractivity contribution in [1.82, 2.24) is 0 Å². The number of nitrogens with zero attached hydrogens (tertiary/aromatic N) is 1. The summed E-state index contributed by atoms with van der Waals surface area (Å²) in [6.45, 7) is 3.72. The molecule has 3 heteroatoms. The third-order valence-corrected chi connectivity index (χ3v) is 0.682. The number of oxime groups is 1. The van der Waals surface area contributed by atoms with Gasteiger partial charge in [0.2, 0.25) is 0 Å². The topological polar surface area (TPSA) is 32.6 Å². The Labute approximate surface area is 67.4 Å². The summed E-state index contributed by atoms with van der Waals surface area (Å²) in [6.07, 6.45) is 0.830. The second-order valence-corrected chi connectivity index (χ2v) is 1.19. The fraction of sp³-hybridized carbons (Fsp3) is 0.750. The van der Waals surface area contributed by atoms with Gasteiger partial charge in [0.05, 0.1) is 5.71 Å². The van der Waals surface area contributed by atoms with Crippen molar-refractivity contribution in [3.63, 3.8) is 0 Å². The van der Waals surface area contributed by atoms with Crippen molar-refractivity contribution in [2.24, 2.45) is 5.16 Å². The standard InChI is InChI=1S/C4H9NO.Na.H/c1-3-4(2)5-6;;/h6H,3H2,1-2H3;;/q;+1;-1/b5-4+;;. The maximum absolute atomic E-state index is 7.92. The molecule has 0 bridgehead atoms. The molecule has 0 amide bonds. The predicted molar refractivity (Wildman–Crippen MR) is 26.3 cm³/mol. The molecule has 0 aliphatic heterocycles. The Morgan fingerprint density at radius 1 is 1.86 bits per heavy atom. The molecule has 0 aromatic rings. The SMILES string of the molecule is CC/C(C)=N/O.[H-].[Na+]. The zero-order valence-electron chi connectivity index (χ0n) is 6.10. The molecular formula is C4H10NNaO. The molecule has 0 atom stereocenters. The summed E-state index contributed by atoms with van der Waals surface area (Å²) in [5.74, 6) is 0. The van der Waals surface area contributed by atoms with Gasteiger partial charge in [0.25, 0.3) is 0 Å². The summed E-state index contributed by atoms with van der Waals surface area (Å²) >= 11 is 0. The molecule has 0 saturated heterocycles. The molecule has 0 aliphatic carbocycles. The third kappa shape index (κ3) is 6.47. The molecule has 0 heterocycles. The van der Waals surface area contributed by atoms with Crippen molar-refractivity contribution in [1.29, 1.82) is 0 Å². The normalized spacial score (nSPS) is 10.3. The van der Waals surface area contributed by atoms with Gasteiger partial charge in [0.15, 0.2) is 0 Å². The van der Waals surface area contributed by atoms with Crippen LogP contribution < -0.4 is 29.6 Å². The van der Waals surface area contributed by atoms with Crippen LogP contribution in [-0.2, 0) is 0 Å². The van der Waals surface area contributed by atoms with Gasteiger partial charge in [-0.15, -0.1) is 0 Å².